The summed E-state index contributed by atoms with van der Waals surface area (Å²) >= 11 is 0. The van der Waals surface area contributed by atoms with Crippen molar-refractivity contribution >= 4 is 28.9 Å². The van der Waals surface area contributed by atoms with Crippen molar-refractivity contribution in [3.8, 4) is 0 Å². The van der Waals surface area contributed by atoms with E-state index in [0.717, 1.165) is 35.3 Å². The third-order valence-corrected chi connectivity index (χ3v) is 6.24. The topological polar surface area (TPSA) is 116 Å². The van der Waals surface area contributed by atoms with Crippen molar-refractivity contribution in [3.05, 3.63) is 66.0 Å². The zero-order valence-corrected chi connectivity index (χ0v) is 20.7. The number of aromatic nitrogens is 2. The molecular weight excluding hydrogens is 458 g/mol. The van der Waals surface area contributed by atoms with Crippen LogP contribution >= 0.6 is 0 Å². The summed E-state index contributed by atoms with van der Waals surface area (Å²) in [4.78, 5) is 48.0. The van der Waals surface area contributed by atoms with Crippen molar-refractivity contribution in [3.63, 3.8) is 0 Å². The molecule has 9 nitrogen and oxygen atoms in total. The number of benzene rings is 2. The molecule has 190 valence electrons. The van der Waals surface area contributed by atoms with E-state index in [4.69, 9.17) is 4.74 Å². The number of rotatable bonds is 9. The lowest BCUT2D eigenvalue weighted by atomic mass is 10.0. The van der Waals surface area contributed by atoms with Gasteiger partial charge in [-0.3, -0.25) is 9.59 Å². The molecule has 3 N–H and O–H groups in total. The minimum atomic E-state index is -0.800. The number of hydrogen-bond donors (Lipinski definition) is 3. The van der Waals surface area contributed by atoms with Crippen molar-refractivity contribution in [1.29, 1.82) is 0 Å². The fourth-order valence-electron chi connectivity index (χ4n) is 4.48. The number of alkyl carbamates (subject to hydrolysis) is 1. The van der Waals surface area contributed by atoms with Gasteiger partial charge in [-0.25, -0.2) is 9.78 Å². The summed E-state index contributed by atoms with van der Waals surface area (Å²) in [6.45, 7) is 4.50. The van der Waals surface area contributed by atoms with Crippen LogP contribution in [0.25, 0.3) is 11.0 Å². The molecule has 3 aromatic rings. The Balaban J connectivity index is 1.32. The van der Waals surface area contributed by atoms with Crippen LogP contribution < -0.4 is 10.6 Å². The molecule has 1 aromatic heterocycles. The average molecular weight is 492 g/mol. The monoisotopic (exact) mass is 491 g/mol. The maximum atomic E-state index is 13.0. The van der Waals surface area contributed by atoms with Crippen LogP contribution in [-0.2, 0) is 20.9 Å². The van der Waals surface area contributed by atoms with Crippen LogP contribution in [0.15, 0.2) is 54.6 Å². The number of aromatic amines is 1. The molecule has 0 unspecified atom stereocenters. The minimum Gasteiger partial charge on any atom is -0.445 e. The summed E-state index contributed by atoms with van der Waals surface area (Å²) in [5, 5.41) is 5.36. The Kier molecular flexibility index (Phi) is 8.20. The van der Waals surface area contributed by atoms with Crippen molar-refractivity contribution in [2.75, 3.05) is 13.1 Å². The van der Waals surface area contributed by atoms with Gasteiger partial charge in [0, 0.05) is 6.54 Å². The fourth-order valence-corrected chi connectivity index (χ4v) is 4.48. The number of hydrogen-bond acceptors (Lipinski definition) is 5. The van der Waals surface area contributed by atoms with Crippen molar-refractivity contribution < 1.29 is 19.1 Å². The standard InChI is InChI=1S/C27H33N5O4/c1-18(2)15-22(31-27(35)36-17-19-9-4-3-5-10-19)26(34)28-16-24(33)32-14-8-13-23(32)25-29-20-11-6-7-12-21(20)30-25/h3-7,9-12,18,22-23H,8,13-17H2,1-2H3,(H,28,34)(H,29,30)(H,31,35)/t22-,23-/m0/s1. The molecule has 1 fully saturated rings. The second-order valence-electron chi connectivity index (χ2n) is 9.49. The number of H-pyrrole nitrogens is 1. The van der Waals surface area contributed by atoms with E-state index >= 15 is 0 Å². The van der Waals surface area contributed by atoms with Gasteiger partial charge in [-0.15, -0.1) is 0 Å². The molecule has 0 bridgehead atoms. The molecule has 0 spiro atoms. The Morgan fingerprint density at radius 1 is 1.11 bits per heavy atom. The van der Waals surface area contributed by atoms with Crippen molar-refractivity contribution in [1.82, 2.24) is 25.5 Å². The number of nitrogens with zero attached hydrogens (tertiary/aromatic N) is 2. The SMILES string of the molecule is CC(C)C[C@H](NC(=O)OCc1ccccc1)C(=O)NCC(=O)N1CCC[C@H]1c1nc2ccccc2[nH]1. The Labute approximate surface area is 210 Å². The van der Waals surface area contributed by atoms with Gasteiger partial charge in [-0.2, -0.15) is 0 Å². The van der Waals surface area contributed by atoms with Crippen LogP contribution in [0.4, 0.5) is 4.79 Å². The molecule has 1 saturated heterocycles. The maximum Gasteiger partial charge on any atom is 0.408 e. The van der Waals surface area contributed by atoms with Gasteiger partial charge >= 0.3 is 6.09 Å². The Hall–Kier alpha value is -3.88. The number of carbonyl (C=O) groups excluding carboxylic acids is 3. The number of nitrogens with one attached hydrogen (secondary N) is 3. The number of ether oxygens (including phenoxy) is 1. The first-order valence-corrected chi connectivity index (χ1v) is 12.4. The lowest BCUT2D eigenvalue weighted by molar-refractivity contribution is -0.134. The van der Waals surface area contributed by atoms with E-state index < -0.39 is 18.0 Å². The van der Waals surface area contributed by atoms with Crippen LogP contribution in [0.1, 0.15) is 50.5 Å². The van der Waals surface area contributed by atoms with Crippen molar-refractivity contribution in [2.24, 2.45) is 5.92 Å². The molecule has 9 heteroatoms. The molecule has 3 amide bonds. The van der Waals surface area contributed by atoms with Gasteiger partial charge in [0.05, 0.1) is 23.6 Å². The summed E-state index contributed by atoms with van der Waals surface area (Å²) in [5.41, 5.74) is 2.65. The van der Waals surface area contributed by atoms with E-state index in [0.29, 0.717) is 13.0 Å². The summed E-state index contributed by atoms with van der Waals surface area (Å²) in [6.07, 6.45) is 1.43. The second kappa shape index (κ2) is 11.7. The highest BCUT2D eigenvalue weighted by Gasteiger charge is 2.32. The van der Waals surface area contributed by atoms with Gasteiger partial charge in [0.15, 0.2) is 0 Å². The van der Waals surface area contributed by atoms with Crippen LogP contribution in [0.3, 0.4) is 0 Å². The predicted molar refractivity (Wildman–Crippen MR) is 136 cm³/mol. The highest BCUT2D eigenvalue weighted by molar-refractivity contribution is 5.89. The molecule has 0 saturated carbocycles. The molecular formula is C27H33N5O4. The second-order valence-corrected chi connectivity index (χ2v) is 9.49. The number of para-hydroxylation sites is 2. The highest BCUT2D eigenvalue weighted by atomic mass is 16.5. The Morgan fingerprint density at radius 3 is 2.61 bits per heavy atom. The van der Waals surface area contributed by atoms with Crippen LogP contribution in [-0.4, -0.2) is 51.9 Å². The van der Waals surface area contributed by atoms with E-state index in [2.05, 4.69) is 20.6 Å². The van der Waals surface area contributed by atoms with Gasteiger partial charge in [-0.05, 0) is 42.9 Å². The number of likely N-dealkylation sites (tertiary alicyclic amines) is 1. The van der Waals surface area contributed by atoms with E-state index in [-0.39, 0.29) is 31.0 Å². The predicted octanol–water partition coefficient (Wildman–Crippen LogP) is 3.68. The molecule has 2 atom stereocenters. The smallest absolute Gasteiger partial charge is 0.408 e. The third-order valence-electron chi connectivity index (χ3n) is 6.24. The molecule has 1 aliphatic rings. The van der Waals surface area contributed by atoms with E-state index in [1.165, 1.54) is 0 Å². The summed E-state index contributed by atoms with van der Waals surface area (Å²) in [7, 11) is 0. The maximum absolute atomic E-state index is 13.0. The zero-order chi connectivity index (χ0) is 25.5. The first kappa shape index (κ1) is 25.2. The third kappa shape index (κ3) is 6.41. The number of carbonyl (C=O) groups is 3. The summed E-state index contributed by atoms with van der Waals surface area (Å²) in [6, 6.07) is 16.1. The lowest BCUT2D eigenvalue weighted by Crippen LogP contribution is -2.50. The Bertz CT molecular complexity index is 1160. The molecule has 1 aliphatic heterocycles. The average Bonchev–Trinajstić information content (AvgIpc) is 3.53. The highest BCUT2D eigenvalue weighted by Crippen LogP contribution is 2.31. The van der Waals surface area contributed by atoms with E-state index in [1.54, 1.807) is 4.90 Å². The first-order valence-electron chi connectivity index (χ1n) is 12.4. The normalized spacial score (nSPS) is 16.2. The largest absolute Gasteiger partial charge is 0.445 e. The van der Waals surface area contributed by atoms with Crippen LogP contribution in [0.5, 0.6) is 0 Å². The summed E-state index contributed by atoms with van der Waals surface area (Å²) in [5.74, 6) is 0.324. The Morgan fingerprint density at radius 2 is 1.86 bits per heavy atom. The van der Waals surface area contributed by atoms with Gasteiger partial charge < -0.3 is 25.3 Å². The van der Waals surface area contributed by atoms with Crippen molar-refractivity contribution in [2.45, 2.75) is 51.8 Å². The molecule has 2 heterocycles. The van der Waals surface area contributed by atoms with E-state index in [9.17, 15) is 14.4 Å². The lowest BCUT2D eigenvalue weighted by Gasteiger charge is -2.24. The van der Waals surface area contributed by atoms with Gasteiger partial charge in [0.25, 0.3) is 0 Å². The first-order chi connectivity index (χ1) is 17.4. The number of amides is 3. The molecule has 2 aromatic carbocycles. The van der Waals surface area contributed by atoms with Crippen LogP contribution in [0.2, 0.25) is 0 Å². The zero-order valence-electron chi connectivity index (χ0n) is 20.7. The molecule has 36 heavy (non-hydrogen) atoms. The van der Waals surface area contributed by atoms with Gasteiger partial charge in [0.2, 0.25) is 11.8 Å². The summed E-state index contributed by atoms with van der Waals surface area (Å²) < 4.78 is 5.27. The number of imidazole rings is 1. The fraction of sp³-hybridized carbons (Fsp3) is 0.407. The molecule has 4 rings (SSSR count). The van der Waals surface area contributed by atoms with Crippen LogP contribution in [0, 0.1) is 5.92 Å². The molecule has 0 radical (unpaired) electrons. The number of fused-ring (bicyclic) bond motifs is 1. The van der Waals surface area contributed by atoms with E-state index in [1.807, 2.05) is 68.4 Å². The van der Waals surface area contributed by atoms with Gasteiger partial charge in [-0.1, -0.05) is 56.3 Å². The quantitative estimate of drug-likeness (QED) is 0.422. The minimum absolute atomic E-state index is 0.110. The molecule has 0 aliphatic carbocycles. The van der Waals surface area contributed by atoms with Gasteiger partial charge in [0.1, 0.15) is 18.5 Å².